The van der Waals surface area contributed by atoms with E-state index in [9.17, 15) is 9.59 Å². The first-order valence-electron chi connectivity index (χ1n) is 12.3. The lowest BCUT2D eigenvalue weighted by molar-refractivity contribution is -0.126. The van der Waals surface area contributed by atoms with Gasteiger partial charge in [0.25, 0.3) is 0 Å². The highest BCUT2D eigenvalue weighted by molar-refractivity contribution is 9.10. The Labute approximate surface area is 232 Å². The number of halogens is 2. The highest BCUT2D eigenvalue weighted by Crippen LogP contribution is 2.25. The highest BCUT2D eigenvalue weighted by Gasteiger charge is 2.29. The van der Waals surface area contributed by atoms with Crippen LogP contribution in [0.3, 0.4) is 0 Å². The van der Waals surface area contributed by atoms with Crippen molar-refractivity contribution in [3.63, 3.8) is 0 Å². The van der Waals surface area contributed by atoms with Crippen molar-refractivity contribution in [3.05, 3.63) is 75.2 Å². The first kappa shape index (κ1) is 28.8. The number of likely N-dealkylation sites (tertiary alicyclic amines) is 1. The highest BCUT2D eigenvalue weighted by atomic mass is 79.9. The molecule has 1 fully saturated rings. The van der Waals surface area contributed by atoms with E-state index in [1.165, 1.54) is 0 Å². The molecule has 3 rings (SSSR count). The molecule has 0 aromatic heterocycles. The number of hydrogen-bond donors (Lipinski definition) is 1. The standard InChI is InChI=1S/C29H34BrClN2O4/c1-5-14-36-25-16-20(6-7-22-8-9-24(31)18-26(22)30)15-21(17-25)19-32-27(34)23-10-12-33(13-11-23)28(35)37-29(2,3)4/h5-9,15-18,23H,1,10-14,19H2,2-4H3,(H,32,34)/b7-6+. The lowest BCUT2D eigenvalue weighted by Crippen LogP contribution is -2.44. The molecule has 0 atom stereocenters. The van der Waals surface area contributed by atoms with Crippen LogP contribution in [0.5, 0.6) is 5.75 Å². The second kappa shape index (κ2) is 13.2. The fourth-order valence-corrected chi connectivity index (χ4v) is 4.74. The fraction of sp³-hybridized carbons (Fsp3) is 0.379. The number of carbonyl (C=O) groups is 2. The monoisotopic (exact) mass is 588 g/mol. The van der Waals surface area contributed by atoms with Crippen molar-refractivity contribution in [1.82, 2.24) is 10.2 Å². The van der Waals surface area contributed by atoms with E-state index in [0.29, 0.717) is 49.9 Å². The van der Waals surface area contributed by atoms with Crippen molar-refractivity contribution in [2.24, 2.45) is 5.92 Å². The number of hydrogen-bond acceptors (Lipinski definition) is 4. The summed E-state index contributed by atoms with van der Waals surface area (Å²) in [6.07, 6.45) is 6.57. The Hall–Kier alpha value is -2.77. The van der Waals surface area contributed by atoms with Gasteiger partial charge in [0.15, 0.2) is 0 Å². The molecule has 1 heterocycles. The van der Waals surface area contributed by atoms with E-state index in [2.05, 4.69) is 27.8 Å². The van der Waals surface area contributed by atoms with Crippen LogP contribution in [0, 0.1) is 5.92 Å². The van der Waals surface area contributed by atoms with Gasteiger partial charge in [-0.25, -0.2) is 4.79 Å². The summed E-state index contributed by atoms with van der Waals surface area (Å²) in [6, 6.07) is 11.5. The molecule has 2 aromatic rings. The van der Waals surface area contributed by atoms with Crippen LogP contribution in [0.1, 0.15) is 50.3 Å². The molecule has 0 radical (unpaired) electrons. The predicted octanol–water partition coefficient (Wildman–Crippen LogP) is 7.10. The van der Waals surface area contributed by atoms with Gasteiger partial charge in [0, 0.05) is 35.0 Å². The van der Waals surface area contributed by atoms with Crippen LogP contribution in [0.25, 0.3) is 12.2 Å². The van der Waals surface area contributed by atoms with Crippen molar-refractivity contribution in [1.29, 1.82) is 0 Å². The summed E-state index contributed by atoms with van der Waals surface area (Å²) in [7, 11) is 0. The molecule has 6 nitrogen and oxygen atoms in total. The van der Waals surface area contributed by atoms with Crippen molar-refractivity contribution >= 4 is 51.7 Å². The van der Waals surface area contributed by atoms with Gasteiger partial charge in [-0.3, -0.25) is 4.79 Å². The molecule has 1 N–H and O–H groups in total. The number of nitrogens with zero attached hydrogens (tertiary/aromatic N) is 1. The molecule has 2 amide bonds. The summed E-state index contributed by atoms with van der Waals surface area (Å²) in [5, 5.41) is 3.72. The van der Waals surface area contributed by atoms with Crippen molar-refractivity contribution in [3.8, 4) is 5.75 Å². The van der Waals surface area contributed by atoms with Crippen LogP contribution in [0.2, 0.25) is 5.02 Å². The number of benzene rings is 2. The molecule has 1 saturated heterocycles. The Morgan fingerprint density at radius 2 is 1.89 bits per heavy atom. The molecule has 1 aliphatic heterocycles. The van der Waals surface area contributed by atoms with Crippen LogP contribution >= 0.6 is 27.5 Å². The van der Waals surface area contributed by atoms with Gasteiger partial charge < -0.3 is 19.7 Å². The zero-order chi connectivity index (χ0) is 27.0. The number of amides is 2. The van der Waals surface area contributed by atoms with Gasteiger partial charge in [0.2, 0.25) is 5.91 Å². The number of carbonyl (C=O) groups excluding carboxylic acids is 2. The average Bonchev–Trinajstić information content (AvgIpc) is 2.84. The van der Waals surface area contributed by atoms with E-state index in [4.69, 9.17) is 21.1 Å². The number of nitrogens with one attached hydrogen (secondary N) is 1. The normalized spacial score (nSPS) is 14.5. The van der Waals surface area contributed by atoms with E-state index in [1.54, 1.807) is 11.0 Å². The van der Waals surface area contributed by atoms with Gasteiger partial charge in [-0.2, -0.15) is 0 Å². The van der Waals surface area contributed by atoms with Gasteiger partial charge in [-0.1, -0.05) is 58.4 Å². The van der Waals surface area contributed by atoms with Gasteiger partial charge in [-0.15, -0.1) is 0 Å². The van der Waals surface area contributed by atoms with Crippen LogP contribution in [0.15, 0.2) is 53.5 Å². The van der Waals surface area contributed by atoms with E-state index >= 15 is 0 Å². The zero-order valence-corrected chi connectivity index (χ0v) is 23.9. The van der Waals surface area contributed by atoms with Gasteiger partial charge >= 0.3 is 6.09 Å². The lowest BCUT2D eigenvalue weighted by atomic mass is 9.96. The number of piperidine rings is 1. The van der Waals surface area contributed by atoms with Gasteiger partial charge in [0.05, 0.1) is 0 Å². The molecule has 0 aliphatic carbocycles. The maximum atomic E-state index is 12.9. The largest absolute Gasteiger partial charge is 0.490 e. The van der Waals surface area contributed by atoms with Crippen molar-refractivity contribution in [2.75, 3.05) is 19.7 Å². The molecule has 0 saturated carbocycles. The third-order valence-electron chi connectivity index (χ3n) is 5.76. The van der Waals surface area contributed by atoms with Crippen LogP contribution in [0.4, 0.5) is 4.79 Å². The summed E-state index contributed by atoms with van der Waals surface area (Å²) in [4.78, 5) is 26.8. The van der Waals surface area contributed by atoms with Gasteiger partial charge in [-0.05, 0) is 80.6 Å². The van der Waals surface area contributed by atoms with E-state index in [-0.39, 0.29) is 17.9 Å². The maximum absolute atomic E-state index is 12.9. The second-order valence-electron chi connectivity index (χ2n) is 9.97. The molecule has 0 spiro atoms. The Morgan fingerprint density at radius 3 is 2.54 bits per heavy atom. The minimum atomic E-state index is -0.533. The first-order chi connectivity index (χ1) is 17.5. The molecule has 37 heavy (non-hydrogen) atoms. The summed E-state index contributed by atoms with van der Waals surface area (Å²) in [5.41, 5.74) is 2.33. The number of ether oxygens (including phenoxy) is 2. The van der Waals surface area contributed by atoms with Crippen LogP contribution < -0.4 is 10.1 Å². The molecular weight excluding hydrogens is 556 g/mol. The van der Waals surface area contributed by atoms with E-state index < -0.39 is 5.60 Å². The Bertz CT molecular complexity index is 1150. The van der Waals surface area contributed by atoms with Crippen molar-refractivity contribution < 1.29 is 19.1 Å². The van der Waals surface area contributed by atoms with E-state index in [1.807, 2.05) is 69.3 Å². The molecule has 2 aromatic carbocycles. The first-order valence-corrected chi connectivity index (χ1v) is 13.5. The topological polar surface area (TPSA) is 67.9 Å². The Kier molecular flexibility index (Phi) is 10.2. The minimum Gasteiger partial charge on any atom is -0.490 e. The second-order valence-corrected chi connectivity index (χ2v) is 11.3. The lowest BCUT2D eigenvalue weighted by Gasteiger charge is -2.32. The third-order valence-corrected chi connectivity index (χ3v) is 6.68. The van der Waals surface area contributed by atoms with E-state index in [0.717, 1.165) is 21.2 Å². The summed E-state index contributed by atoms with van der Waals surface area (Å²) in [5.74, 6) is 0.552. The average molecular weight is 590 g/mol. The third kappa shape index (κ3) is 9.24. The molecule has 198 valence electrons. The van der Waals surface area contributed by atoms with Crippen LogP contribution in [-0.4, -0.2) is 42.2 Å². The SMILES string of the molecule is C=CCOc1cc(/C=C/c2ccc(Cl)cc2Br)cc(CNC(=O)C2CCN(C(=O)OC(C)(C)C)CC2)c1. The Morgan fingerprint density at radius 1 is 1.16 bits per heavy atom. The Balaban J connectivity index is 1.62. The molecule has 0 bridgehead atoms. The zero-order valence-electron chi connectivity index (χ0n) is 21.6. The summed E-state index contributed by atoms with van der Waals surface area (Å²) in [6.45, 7) is 11.0. The summed E-state index contributed by atoms with van der Waals surface area (Å²) >= 11 is 9.59. The van der Waals surface area contributed by atoms with Crippen molar-refractivity contribution in [2.45, 2.75) is 45.8 Å². The predicted molar refractivity (Wildman–Crippen MR) is 153 cm³/mol. The van der Waals surface area contributed by atoms with Crippen LogP contribution in [-0.2, 0) is 16.1 Å². The van der Waals surface area contributed by atoms with Gasteiger partial charge in [0.1, 0.15) is 18.0 Å². The molecule has 1 aliphatic rings. The minimum absolute atomic E-state index is 0.0107. The number of rotatable bonds is 8. The fourth-order valence-electron chi connectivity index (χ4n) is 3.93. The quantitative estimate of drug-likeness (QED) is 0.263. The molecule has 0 unspecified atom stereocenters. The molecular formula is C29H34BrClN2O4. The maximum Gasteiger partial charge on any atom is 0.410 e. The molecule has 8 heteroatoms. The summed E-state index contributed by atoms with van der Waals surface area (Å²) < 4.78 is 12.1. The smallest absolute Gasteiger partial charge is 0.410 e.